The van der Waals surface area contributed by atoms with E-state index in [0.717, 1.165) is 18.8 Å². The second-order valence-electron chi connectivity index (χ2n) is 3.41. The van der Waals surface area contributed by atoms with E-state index in [0.29, 0.717) is 11.7 Å². The molecule has 0 fully saturated rings. The fourth-order valence-corrected chi connectivity index (χ4v) is 1.50. The highest BCUT2D eigenvalue weighted by Gasteiger charge is 2.17. The molecule has 0 spiro atoms. The Bertz CT molecular complexity index is 170. The Balaban J connectivity index is 2.49. The van der Waals surface area contributed by atoms with Gasteiger partial charge in [0.2, 0.25) is 0 Å². The Hall–Kier alpha value is -0.590. The van der Waals surface area contributed by atoms with E-state index in [1.165, 1.54) is 6.42 Å². The van der Waals surface area contributed by atoms with Crippen LogP contribution in [0.1, 0.15) is 33.1 Å². The van der Waals surface area contributed by atoms with Gasteiger partial charge in [0.25, 0.3) is 0 Å². The Labute approximate surface area is 68.5 Å². The van der Waals surface area contributed by atoms with Gasteiger partial charge in [0.15, 0.2) is 5.78 Å². The largest absolute Gasteiger partial charge is 0.295 e. The third kappa shape index (κ3) is 2.18. The number of ketones is 1. The lowest BCUT2D eigenvalue weighted by atomic mass is 9.84. The van der Waals surface area contributed by atoms with Crippen molar-refractivity contribution in [2.24, 2.45) is 11.8 Å². The number of carbonyl (C=O) groups excluding carboxylic acids is 1. The van der Waals surface area contributed by atoms with Gasteiger partial charge in [-0.05, 0) is 24.3 Å². The van der Waals surface area contributed by atoms with Crippen molar-refractivity contribution in [2.45, 2.75) is 33.1 Å². The molecule has 0 saturated carbocycles. The van der Waals surface area contributed by atoms with Gasteiger partial charge in [0, 0.05) is 6.42 Å². The molecule has 1 aliphatic carbocycles. The Kier molecular flexibility index (Phi) is 2.86. The average Bonchev–Trinajstić information content (AvgIpc) is 2.05. The molecule has 0 N–H and O–H groups in total. The van der Waals surface area contributed by atoms with Crippen LogP contribution in [0, 0.1) is 11.8 Å². The van der Waals surface area contributed by atoms with Crippen LogP contribution < -0.4 is 0 Å². The van der Waals surface area contributed by atoms with Gasteiger partial charge in [-0.3, -0.25) is 4.79 Å². The predicted molar refractivity (Wildman–Crippen MR) is 46.3 cm³/mol. The first-order chi connectivity index (χ1) is 5.24. The van der Waals surface area contributed by atoms with E-state index in [9.17, 15) is 4.79 Å². The lowest BCUT2D eigenvalue weighted by Crippen LogP contribution is -2.14. The first kappa shape index (κ1) is 8.51. The quantitative estimate of drug-likeness (QED) is 0.594. The van der Waals surface area contributed by atoms with Crippen LogP contribution in [0.2, 0.25) is 0 Å². The molecule has 0 bridgehead atoms. The minimum absolute atomic E-state index is 0.296. The van der Waals surface area contributed by atoms with Gasteiger partial charge in [-0.1, -0.05) is 26.3 Å². The molecular formula is C10H16O. The zero-order chi connectivity index (χ0) is 8.27. The molecule has 1 rings (SSSR count). The lowest BCUT2D eigenvalue weighted by Gasteiger charge is -2.21. The van der Waals surface area contributed by atoms with Crippen LogP contribution in [-0.4, -0.2) is 5.78 Å². The van der Waals surface area contributed by atoms with Crippen LogP contribution in [-0.2, 0) is 4.79 Å². The van der Waals surface area contributed by atoms with E-state index in [2.05, 4.69) is 19.9 Å². The monoisotopic (exact) mass is 152 g/mol. The first-order valence-corrected chi connectivity index (χ1v) is 4.45. The summed E-state index contributed by atoms with van der Waals surface area (Å²) in [6.07, 6.45) is 6.86. The molecule has 0 radical (unpaired) electrons. The van der Waals surface area contributed by atoms with Gasteiger partial charge in [-0.2, -0.15) is 0 Å². The van der Waals surface area contributed by atoms with Crippen molar-refractivity contribution in [3.63, 3.8) is 0 Å². The van der Waals surface area contributed by atoms with Gasteiger partial charge < -0.3 is 0 Å². The molecule has 0 aromatic carbocycles. The summed E-state index contributed by atoms with van der Waals surface area (Å²) >= 11 is 0. The molecule has 62 valence electrons. The normalized spacial score (nSPS) is 27.1. The standard InChI is InChI=1S/C10H16O/c1-3-8(2)9-4-6-10(11)7-5-9/h4,6,8-9H,3,5,7H2,1-2H3. The van der Waals surface area contributed by atoms with Crippen molar-refractivity contribution in [2.75, 3.05) is 0 Å². The topological polar surface area (TPSA) is 17.1 Å². The van der Waals surface area contributed by atoms with Crippen LogP contribution in [0.3, 0.4) is 0 Å². The molecule has 1 nitrogen and oxygen atoms in total. The highest BCUT2D eigenvalue weighted by atomic mass is 16.1. The van der Waals surface area contributed by atoms with Crippen molar-refractivity contribution in [1.82, 2.24) is 0 Å². The minimum Gasteiger partial charge on any atom is -0.295 e. The summed E-state index contributed by atoms with van der Waals surface area (Å²) in [4.78, 5) is 10.8. The number of rotatable bonds is 2. The fourth-order valence-electron chi connectivity index (χ4n) is 1.50. The van der Waals surface area contributed by atoms with Crippen molar-refractivity contribution in [1.29, 1.82) is 0 Å². The number of hydrogen-bond acceptors (Lipinski definition) is 1. The molecule has 1 heteroatoms. The summed E-state index contributed by atoms with van der Waals surface area (Å²) in [5, 5.41) is 0. The van der Waals surface area contributed by atoms with Crippen LogP contribution in [0.5, 0.6) is 0 Å². The maximum absolute atomic E-state index is 10.8. The smallest absolute Gasteiger partial charge is 0.155 e. The van der Waals surface area contributed by atoms with Gasteiger partial charge in [-0.25, -0.2) is 0 Å². The maximum atomic E-state index is 10.8. The van der Waals surface area contributed by atoms with Gasteiger partial charge >= 0.3 is 0 Å². The van der Waals surface area contributed by atoms with Crippen molar-refractivity contribution < 1.29 is 4.79 Å². The summed E-state index contributed by atoms with van der Waals surface area (Å²) in [5.74, 6) is 1.68. The van der Waals surface area contributed by atoms with E-state index in [1.54, 1.807) is 6.08 Å². The molecule has 1 aliphatic rings. The van der Waals surface area contributed by atoms with Gasteiger partial charge in [0.05, 0.1) is 0 Å². The third-order valence-electron chi connectivity index (χ3n) is 2.63. The molecule has 0 saturated heterocycles. The van der Waals surface area contributed by atoms with Crippen LogP contribution >= 0.6 is 0 Å². The molecule has 0 amide bonds. The average molecular weight is 152 g/mol. The number of carbonyl (C=O) groups is 1. The van der Waals surface area contributed by atoms with Crippen LogP contribution in [0.15, 0.2) is 12.2 Å². The fraction of sp³-hybridized carbons (Fsp3) is 0.700. The Morgan fingerprint density at radius 1 is 1.73 bits per heavy atom. The van der Waals surface area contributed by atoms with Crippen molar-refractivity contribution in [3.8, 4) is 0 Å². The minimum atomic E-state index is 0.296. The van der Waals surface area contributed by atoms with Crippen LogP contribution in [0.25, 0.3) is 0 Å². The van der Waals surface area contributed by atoms with Crippen molar-refractivity contribution >= 4 is 5.78 Å². The Morgan fingerprint density at radius 2 is 2.45 bits per heavy atom. The summed E-state index contributed by atoms with van der Waals surface area (Å²) in [7, 11) is 0. The zero-order valence-corrected chi connectivity index (χ0v) is 7.34. The van der Waals surface area contributed by atoms with Crippen molar-refractivity contribution in [3.05, 3.63) is 12.2 Å². The zero-order valence-electron chi connectivity index (χ0n) is 7.34. The number of allylic oxidation sites excluding steroid dienone is 2. The SMILES string of the molecule is CCC(C)C1C=CC(=O)CC1. The van der Waals surface area contributed by atoms with E-state index < -0.39 is 0 Å². The highest BCUT2D eigenvalue weighted by Crippen LogP contribution is 2.24. The van der Waals surface area contributed by atoms with Crippen LogP contribution in [0.4, 0.5) is 0 Å². The van der Waals surface area contributed by atoms with E-state index in [4.69, 9.17) is 0 Å². The summed E-state index contributed by atoms with van der Waals surface area (Å²) in [6, 6.07) is 0. The second-order valence-corrected chi connectivity index (χ2v) is 3.41. The third-order valence-corrected chi connectivity index (χ3v) is 2.63. The molecule has 11 heavy (non-hydrogen) atoms. The van der Waals surface area contributed by atoms with E-state index in [1.807, 2.05) is 0 Å². The molecule has 0 aromatic heterocycles. The Morgan fingerprint density at radius 3 is 2.91 bits per heavy atom. The summed E-state index contributed by atoms with van der Waals surface area (Å²) in [6.45, 7) is 4.46. The summed E-state index contributed by atoms with van der Waals surface area (Å²) in [5.41, 5.74) is 0. The highest BCUT2D eigenvalue weighted by molar-refractivity contribution is 5.90. The maximum Gasteiger partial charge on any atom is 0.155 e. The molecule has 2 unspecified atom stereocenters. The van der Waals surface area contributed by atoms with E-state index in [-0.39, 0.29) is 0 Å². The predicted octanol–water partition coefficient (Wildman–Crippen LogP) is 2.57. The van der Waals surface area contributed by atoms with E-state index >= 15 is 0 Å². The molecular weight excluding hydrogens is 136 g/mol. The molecule has 0 aliphatic heterocycles. The lowest BCUT2D eigenvalue weighted by molar-refractivity contribution is -0.115. The molecule has 0 heterocycles. The summed E-state index contributed by atoms with van der Waals surface area (Å²) < 4.78 is 0. The number of hydrogen-bond donors (Lipinski definition) is 0. The molecule has 2 atom stereocenters. The van der Waals surface area contributed by atoms with Gasteiger partial charge in [-0.15, -0.1) is 0 Å². The second kappa shape index (κ2) is 3.70. The first-order valence-electron chi connectivity index (χ1n) is 4.45. The molecule has 0 aromatic rings. The van der Waals surface area contributed by atoms with Gasteiger partial charge in [0.1, 0.15) is 0 Å².